The molecule has 0 nitrogen and oxygen atoms in total. The molecule has 2 aromatic rings. The molecule has 0 N–H and O–H groups in total. The molecule has 0 amide bonds. The highest BCUT2D eigenvalue weighted by Crippen LogP contribution is 2.18. The van der Waals surface area contributed by atoms with Crippen LogP contribution in [-0.4, -0.2) is 0 Å². The van der Waals surface area contributed by atoms with Crippen LogP contribution in [0.15, 0.2) is 54.6 Å². The van der Waals surface area contributed by atoms with E-state index < -0.39 is 0 Å². The molecule has 0 saturated heterocycles. The first-order valence-electron chi connectivity index (χ1n) is 4.17. The van der Waals surface area contributed by atoms with Crippen LogP contribution in [0.3, 0.4) is 0 Å². The summed E-state index contributed by atoms with van der Waals surface area (Å²) in [5.41, 5.74) is 1.96. The molecule has 2 rings (SSSR count). The normalized spacial score (nSPS) is 8.60. The van der Waals surface area contributed by atoms with E-state index in [1.807, 2.05) is 36.4 Å². The Balaban J connectivity index is 0.000000980. The number of hydrogen-bond donors (Lipinski definition) is 0. The summed E-state index contributed by atoms with van der Waals surface area (Å²) in [4.78, 5) is 0. The van der Waals surface area contributed by atoms with Gasteiger partial charge in [0.15, 0.2) is 0 Å². The predicted octanol–water partition coefficient (Wildman–Crippen LogP) is 3.97. The molecular weight excluding hydrogens is 230 g/mol. The number of halogens is 2. The van der Waals surface area contributed by atoms with Crippen molar-refractivity contribution >= 4 is 22.3 Å². The molecule has 0 aliphatic rings. The van der Waals surface area contributed by atoms with Crippen LogP contribution in [0.1, 0.15) is 0 Å². The summed E-state index contributed by atoms with van der Waals surface area (Å²) in [6, 6.07) is 16.4. The summed E-state index contributed by atoms with van der Waals surface area (Å²) in [7, 11) is 0. The van der Waals surface area contributed by atoms with E-state index in [1.54, 1.807) is 6.07 Å². The van der Waals surface area contributed by atoms with Gasteiger partial charge >= 0.3 is 0 Å². The van der Waals surface area contributed by atoms with E-state index in [1.165, 1.54) is 12.1 Å². The smallest absolute Gasteiger partial charge is 0.123 e. The van der Waals surface area contributed by atoms with E-state index in [-0.39, 0.29) is 28.1 Å². The minimum atomic E-state index is -0.193. The maximum Gasteiger partial charge on any atom is 0.123 e. The lowest BCUT2D eigenvalue weighted by molar-refractivity contribution is 0.628. The summed E-state index contributed by atoms with van der Waals surface area (Å²) in [6.07, 6.45) is 0. The van der Waals surface area contributed by atoms with Gasteiger partial charge in [0.25, 0.3) is 0 Å². The van der Waals surface area contributed by atoms with Crippen LogP contribution in [0.4, 0.5) is 4.39 Å². The molecular formula is C12H13ClFP. The van der Waals surface area contributed by atoms with Gasteiger partial charge in [-0.2, -0.15) is 9.90 Å². The molecule has 0 aliphatic heterocycles. The highest BCUT2D eigenvalue weighted by molar-refractivity contribution is 6.92. The molecule has 1 atom stereocenters. The molecule has 2 aromatic carbocycles. The van der Waals surface area contributed by atoms with E-state index in [0.717, 1.165) is 11.1 Å². The van der Waals surface area contributed by atoms with Crippen molar-refractivity contribution in [3.8, 4) is 11.1 Å². The van der Waals surface area contributed by atoms with E-state index in [4.69, 9.17) is 0 Å². The van der Waals surface area contributed by atoms with E-state index in [0.29, 0.717) is 0 Å². The number of benzene rings is 2. The third-order valence-electron chi connectivity index (χ3n) is 1.93. The molecule has 0 heterocycles. The number of hydrogen-bond acceptors (Lipinski definition) is 0. The van der Waals surface area contributed by atoms with Gasteiger partial charge in [0.05, 0.1) is 0 Å². The lowest BCUT2D eigenvalue weighted by Gasteiger charge is -1.99. The van der Waals surface area contributed by atoms with Crippen molar-refractivity contribution in [2.75, 3.05) is 0 Å². The van der Waals surface area contributed by atoms with Crippen LogP contribution in [-0.2, 0) is 0 Å². The fraction of sp³-hybridized carbons (Fsp3) is 0. The van der Waals surface area contributed by atoms with Gasteiger partial charge in [-0.3, -0.25) is 0 Å². The SMILES string of the molecule is Cl.Fc1cccc(-c2ccccc2)c1.P. The second kappa shape index (κ2) is 6.55. The quantitative estimate of drug-likeness (QED) is 0.664. The zero-order valence-electron chi connectivity index (χ0n) is 8.19. The van der Waals surface area contributed by atoms with E-state index in [9.17, 15) is 4.39 Å². The van der Waals surface area contributed by atoms with Gasteiger partial charge in [0, 0.05) is 0 Å². The van der Waals surface area contributed by atoms with Crippen molar-refractivity contribution in [1.82, 2.24) is 0 Å². The van der Waals surface area contributed by atoms with Gasteiger partial charge in [-0.05, 0) is 23.3 Å². The fourth-order valence-electron chi connectivity index (χ4n) is 1.30. The monoisotopic (exact) mass is 242 g/mol. The maximum absolute atomic E-state index is 12.9. The Morgan fingerprint density at radius 3 is 1.93 bits per heavy atom. The molecule has 15 heavy (non-hydrogen) atoms. The fourth-order valence-corrected chi connectivity index (χ4v) is 1.30. The molecule has 0 spiro atoms. The van der Waals surface area contributed by atoms with Crippen LogP contribution < -0.4 is 0 Å². The second-order valence-electron chi connectivity index (χ2n) is 2.88. The average Bonchev–Trinajstić information content (AvgIpc) is 2.19. The summed E-state index contributed by atoms with van der Waals surface area (Å²) in [5.74, 6) is -0.193. The minimum Gasteiger partial charge on any atom is -0.207 e. The summed E-state index contributed by atoms with van der Waals surface area (Å²) >= 11 is 0. The Hall–Kier alpha value is -0.910. The molecule has 0 aliphatic carbocycles. The van der Waals surface area contributed by atoms with Crippen LogP contribution >= 0.6 is 22.3 Å². The van der Waals surface area contributed by atoms with Gasteiger partial charge in [0.2, 0.25) is 0 Å². The van der Waals surface area contributed by atoms with Gasteiger partial charge < -0.3 is 0 Å². The van der Waals surface area contributed by atoms with Crippen molar-refractivity contribution < 1.29 is 4.39 Å². The molecule has 0 bridgehead atoms. The standard InChI is InChI=1S/C12H9F.ClH.H3P/c13-12-8-4-7-11(9-12)10-5-2-1-3-6-10;;/h1-9H;1H;1H3. The molecule has 0 saturated carbocycles. The zero-order valence-corrected chi connectivity index (χ0v) is 10.4. The lowest BCUT2D eigenvalue weighted by atomic mass is 10.1. The van der Waals surface area contributed by atoms with Crippen LogP contribution in [0.25, 0.3) is 11.1 Å². The third kappa shape index (κ3) is 3.62. The summed E-state index contributed by atoms with van der Waals surface area (Å²) in [6.45, 7) is 0. The Labute approximate surface area is 98.6 Å². The van der Waals surface area contributed by atoms with E-state index in [2.05, 4.69) is 0 Å². The Morgan fingerprint density at radius 2 is 1.33 bits per heavy atom. The van der Waals surface area contributed by atoms with Crippen LogP contribution in [0, 0.1) is 5.82 Å². The minimum absolute atomic E-state index is 0. The highest BCUT2D eigenvalue weighted by atomic mass is 35.5. The van der Waals surface area contributed by atoms with Gasteiger partial charge in [-0.1, -0.05) is 42.5 Å². The third-order valence-corrected chi connectivity index (χ3v) is 1.93. The zero-order chi connectivity index (χ0) is 9.10. The first-order chi connectivity index (χ1) is 6.36. The Bertz CT molecular complexity index is 403. The highest BCUT2D eigenvalue weighted by Gasteiger charge is 1.96. The number of rotatable bonds is 1. The Morgan fingerprint density at radius 1 is 0.733 bits per heavy atom. The van der Waals surface area contributed by atoms with Gasteiger partial charge in [-0.15, -0.1) is 12.4 Å². The summed E-state index contributed by atoms with van der Waals surface area (Å²) in [5, 5.41) is 0. The first kappa shape index (κ1) is 14.1. The molecule has 3 heteroatoms. The van der Waals surface area contributed by atoms with Crippen molar-refractivity contribution in [1.29, 1.82) is 0 Å². The summed E-state index contributed by atoms with van der Waals surface area (Å²) < 4.78 is 12.9. The van der Waals surface area contributed by atoms with E-state index >= 15 is 0 Å². The van der Waals surface area contributed by atoms with Crippen LogP contribution in [0.2, 0.25) is 0 Å². The maximum atomic E-state index is 12.9. The van der Waals surface area contributed by atoms with Crippen molar-refractivity contribution in [3.05, 3.63) is 60.4 Å². The first-order valence-corrected chi connectivity index (χ1v) is 4.17. The average molecular weight is 243 g/mol. The lowest BCUT2D eigenvalue weighted by Crippen LogP contribution is -1.78. The van der Waals surface area contributed by atoms with Gasteiger partial charge in [-0.25, -0.2) is 4.39 Å². The molecule has 80 valence electrons. The molecule has 0 aromatic heterocycles. The topological polar surface area (TPSA) is 0 Å². The largest absolute Gasteiger partial charge is 0.207 e. The Kier molecular flexibility index (Phi) is 6.15. The van der Waals surface area contributed by atoms with Gasteiger partial charge in [0.1, 0.15) is 5.82 Å². The predicted molar refractivity (Wildman–Crippen MR) is 70.2 cm³/mol. The van der Waals surface area contributed by atoms with Crippen molar-refractivity contribution in [2.24, 2.45) is 0 Å². The van der Waals surface area contributed by atoms with Crippen molar-refractivity contribution in [3.63, 3.8) is 0 Å². The van der Waals surface area contributed by atoms with Crippen LogP contribution in [0.5, 0.6) is 0 Å². The second-order valence-corrected chi connectivity index (χ2v) is 2.88. The molecule has 0 fully saturated rings. The van der Waals surface area contributed by atoms with Crippen molar-refractivity contribution in [2.45, 2.75) is 0 Å². The molecule has 0 radical (unpaired) electrons. The molecule has 1 unspecified atom stereocenters.